The zero-order valence-corrected chi connectivity index (χ0v) is 13.9. The molecule has 1 atom stereocenters. The van der Waals surface area contributed by atoms with Crippen molar-refractivity contribution >= 4 is 31.9 Å². The summed E-state index contributed by atoms with van der Waals surface area (Å²) in [6.07, 6.45) is 0. The number of hydrogen-bond donors (Lipinski definition) is 1. The molecule has 0 amide bonds. The van der Waals surface area contributed by atoms with E-state index in [-0.39, 0.29) is 6.04 Å². The van der Waals surface area contributed by atoms with Gasteiger partial charge in [-0.05, 0) is 62.5 Å². The van der Waals surface area contributed by atoms with E-state index in [1.165, 1.54) is 5.56 Å². The zero-order valence-electron chi connectivity index (χ0n) is 10.7. The second-order valence-electron chi connectivity index (χ2n) is 4.21. The second-order valence-corrected chi connectivity index (χ2v) is 5.78. The lowest BCUT2D eigenvalue weighted by molar-refractivity contribution is 0.414. The fourth-order valence-electron chi connectivity index (χ4n) is 1.74. The Hall–Kier alpha value is -0.780. The van der Waals surface area contributed by atoms with Gasteiger partial charge in [0, 0.05) is 6.04 Å². The molecule has 1 aromatic carbocycles. The molecule has 0 bridgehead atoms. The molecule has 102 valence electrons. The first-order valence-electron chi connectivity index (χ1n) is 5.91. The number of ether oxygens (including phenoxy) is 1. The first kappa shape index (κ1) is 14.6. The topological polar surface area (TPSA) is 34.4 Å². The van der Waals surface area contributed by atoms with Gasteiger partial charge in [0.05, 0.1) is 18.1 Å². The van der Waals surface area contributed by atoms with Gasteiger partial charge in [-0.2, -0.15) is 0 Å². The molecular weight excluding hydrogens is 374 g/mol. The third kappa shape index (κ3) is 3.84. The van der Waals surface area contributed by atoms with E-state index in [1.54, 1.807) is 7.11 Å². The predicted molar refractivity (Wildman–Crippen MR) is 82.4 cm³/mol. The summed E-state index contributed by atoms with van der Waals surface area (Å²) in [6, 6.07) is 10.3. The number of hydrogen-bond acceptors (Lipinski definition) is 3. The molecule has 0 fully saturated rings. The average Bonchev–Trinajstić information content (AvgIpc) is 2.75. The normalized spacial score (nSPS) is 12.4. The van der Waals surface area contributed by atoms with Crippen LogP contribution in [-0.2, 0) is 6.54 Å². The summed E-state index contributed by atoms with van der Waals surface area (Å²) in [5.74, 6) is 1.76. The molecule has 0 spiro atoms. The molecule has 0 aliphatic carbocycles. The molecule has 0 aliphatic rings. The second kappa shape index (κ2) is 6.59. The van der Waals surface area contributed by atoms with Crippen LogP contribution in [0.5, 0.6) is 5.75 Å². The monoisotopic (exact) mass is 387 g/mol. The van der Waals surface area contributed by atoms with Crippen molar-refractivity contribution in [3.63, 3.8) is 0 Å². The lowest BCUT2D eigenvalue weighted by Crippen LogP contribution is -2.17. The maximum absolute atomic E-state index is 5.52. The number of benzene rings is 1. The average molecular weight is 389 g/mol. The van der Waals surface area contributed by atoms with Crippen LogP contribution in [0.2, 0.25) is 0 Å². The Morgan fingerprint density at radius 2 is 1.95 bits per heavy atom. The number of nitrogens with one attached hydrogen (secondary N) is 1. The van der Waals surface area contributed by atoms with E-state index < -0.39 is 0 Å². The molecule has 1 aromatic heterocycles. The first-order valence-corrected chi connectivity index (χ1v) is 7.50. The molecule has 2 rings (SSSR count). The fraction of sp³-hybridized carbons (Fsp3) is 0.286. The van der Waals surface area contributed by atoms with Crippen molar-refractivity contribution in [3.8, 4) is 5.75 Å². The van der Waals surface area contributed by atoms with Crippen molar-refractivity contribution in [1.29, 1.82) is 0 Å². The van der Waals surface area contributed by atoms with Gasteiger partial charge in [-0.1, -0.05) is 12.1 Å². The molecule has 0 saturated carbocycles. The Kier molecular flexibility index (Phi) is 5.07. The van der Waals surface area contributed by atoms with Crippen LogP contribution in [0.25, 0.3) is 0 Å². The van der Waals surface area contributed by atoms with Gasteiger partial charge in [-0.25, -0.2) is 0 Å². The van der Waals surface area contributed by atoms with E-state index in [1.807, 2.05) is 18.2 Å². The highest BCUT2D eigenvalue weighted by molar-refractivity contribution is 9.13. The van der Waals surface area contributed by atoms with Gasteiger partial charge in [-0.3, -0.25) is 0 Å². The van der Waals surface area contributed by atoms with Gasteiger partial charge in [0.1, 0.15) is 11.5 Å². The maximum Gasteiger partial charge on any atom is 0.183 e. The van der Waals surface area contributed by atoms with E-state index in [0.717, 1.165) is 20.7 Å². The van der Waals surface area contributed by atoms with Gasteiger partial charge >= 0.3 is 0 Å². The zero-order chi connectivity index (χ0) is 13.8. The lowest BCUT2D eigenvalue weighted by atomic mass is 10.1. The van der Waals surface area contributed by atoms with Crippen molar-refractivity contribution < 1.29 is 9.15 Å². The van der Waals surface area contributed by atoms with E-state index in [2.05, 4.69) is 56.2 Å². The smallest absolute Gasteiger partial charge is 0.183 e. The van der Waals surface area contributed by atoms with Crippen molar-refractivity contribution in [1.82, 2.24) is 5.32 Å². The Bertz CT molecular complexity index is 517. The summed E-state index contributed by atoms with van der Waals surface area (Å²) < 4.78 is 12.3. The number of rotatable bonds is 5. The van der Waals surface area contributed by atoms with Crippen LogP contribution in [0.4, 0.5) is 0 Å². The van der Waals surface area contributed by atoms with Crippen LogP contribution in [0.1, 0.15) is 24.3 Å². The summed E-state index contributed by atoms with van der Waals surface area (Å²) >= 11 is 6.73. The van der Waals surface area contributed by atoms with Gasteiger partial charge in [0.25, 0.3) is 0 Å². The minimum Gasteiger partial charge on any atom is -0.497 e. The quantitative estimate of drug-likeness (QED) is 0.808. The van der Waals surface area contributed by atoms with E-state index >= 15 is 0 Å². The molecular formula is C14H15Br2NO2. The van der Waals surface area contributed by atoms with E-state index in [9.17, 15) is 0 Å². The Morgan fingerprint density at radius 3 is 2.47 bits per heavy atom. The number of methoxy groups -OCH3 is 1. The highest BCUT2D eigenvalue weighted by atomic mass is 79.9. The van der Waals surface area contributed by atoms with E-state index in [0.29, 0.717) is 6.54 Å². The van der Waals surface area contributed by atoms with Crippen molar-refractivity contribution in [3.05, 3.63) is 50.8 Å². The van der Waals surface area contributed by atoms with Crippen LogP contribution in [0.3, 0.4) is 0 Å². The Labute approximate surface area is 129 Å². The molecule has 0 unspecified atom stereocenters. The molecule has 19 heavy (non-hydrogen) atoms. The number of furan rings is 1. The summed E-state index contributed by atoms with van der Waals surface area (Å²) in [4.78, 5) is 0. The van der Waals surface area contributed by atoms with Crippen molar-refractivity contribution in [2.24, 2.45) is 0 Å². The summed E-state index contributed by atoms with van der Waals surface area (Å²) in [5.41, 5.74) is 1.21. The van der Waals surface area contributed by atoms with Crippen LogP contribution < -0.4 is 10.1 Å². The molecule has 2 aromatic rings. The summed E-state index contributed by atoms with van der Waals surface area (Å²) in [7, 11) is 1.67. The van der Waals surface area contributed by atoms with Crippen molar-refractivity contribution in [2.45, 2.75) is 19.5 Å². The number of halogens is 2. The standard InChI is InChI=1S/C14H15Br2NO2/c1-9(10-3-5-11(18-2)6-4-10)17-8-12-7-13(15)14(16)19-12/h3-7,9,17H,8H2,1-2H3/t9-/m0/s1. The van der Waals surface area contributed by atoms with Crippen LogP contribution in [-0.4, -0.2) is 7.11 Å². The third-order valence-electron chi connectivity index (χ3n) is 2.89. The van der Waals surface area contributed by atoms with Crippen LogP contribution in [0, 0.1) is 0 Å². The lowest BCUT2D eigenvalue weighted by Gasteiger charge is -2.13. The van der Waals surface area contributed by atoms with Crippen LogP contribution >= 0.6 is 31.9 Å². The highest BCUT2D eigenvalue weighted by Gasteiger charge is 2.09. The highest BCUT2D eigenvalue weighted by Crippen LogP contribution is 2.27. The first-order chi connectivity index (χ1) is 9.10. The molecule has 3 nitrogen and oxygen atoms in total. The summed E-state index contributed by atoms with van der Waals surface area (Å²) in [5, 5.41) is 3.42. The molecule has 0 radical (unpaired) electrons. The molecule has 0 saturated heterocycles. The fourth-order valence-corrected chi connectivity index (χ4v) is 2.40. The molecule has 1 N–H and O–H groups in total. The maximum atomic E-state index is 5.52. The SMILES string of the molecule is COc1ccc([C@H](C)NCc2cc(Br)c(Br)o2)cc1. The summed E-state index contributed by atoms with van der Waals surface area (Å²) in [6.45, 7) is 2.80. The van der Waals surface area contributed by atoms with Gasteiger partial charge in [0.2, 0.25) is 0 Å². The minimum absolute atomic E-state index is 0.244. The Morgan fingerprint density at radius 1 is 1.26 bits per heavy atom. The van der Waals surface area contributed by atoms with Gasteiger partial charge in [-0.15, -0.1) is 0 Å². The third-order valence-corrected chi connectivity index (χ3v) is 4.60. The van der Waals surface area contributed by atoms with Crippen molar-refractivity contribution in [2.75, 3.05) is 7.11 Å². The molecule has 5 heteroatoms. The van der Waals surface area contributed by atoms with Crippen LogP contribution in [0.15, 0.2) is 43.9 Å². The van der Waals surface area contributed by atoms with Gasteiger partial charge < -0.3 is 14.5 Å². The molecule has 1 heterocycles. The molecule has 0 aliphatic heterocycles. The van der Waals surface area contributed by atoms with E-state index in [4.69, 9.17) is 9.15 Å². The minimum atomic E-state index is 0.244. The van der Waals surface area contributed by atoms with Gasteiger partial charge in [0.15, 0.2) is 4.67 Å². The predicted octanol–water partition coefficient (Wildman–Crippen LogP) is 4.66. The largest absolute Gasteiger partial charge is 0.497 e. The Balaban J connectivity index is 1.94.